The minimum absolute atomic E-state index is 0.300. The van der Waals surface area contributed by atoms with Gasteiger partial charge in [-0.25, -0.2) is 13.4 Å². The summed E-state index contributed by atoms with van der Waals surface area (Å²) in [6.45, 7) is 6.68. The normalized spacial score (nSPS) is 14.5. The number of benzene rings is 1. The first kappa shape index (κ1) is 20.6. The molecule has 1 saturated heterocycles. The summed E-state index contributed by atoms with van der Waals surface area (Å²) in [6, 6.07) is 12.3. The van der Waals surface area contributed by atoms with Crippen molar-refractivity contribution in [2.45, 2.75) is 18.1 Å². The van der Waals surface area contributed by atoms with Crippen LogP contribution in [0.25, 0.3) is 0 Å². The molecule has 0 bridgehead atoms. The lowest BCUT2D eigenvalue weighted by molar-refractivity contribution is 0.122. The summed E-state index contributed by atoms with van der Waals surface area (Å²) in [5.41, 5.74) is 2.17. The van der Waals surface area contributed by atoms with Gasteiger partial charge in [0.2, 0.25) is 5.95 Å². The number of aromatic nitrogens is 2. The largest absolute Gasteiger partial charge is 0.378 e. The first-order valence-electron chi connectivity index (χ1n) is 9.54. The predicted octanol–water partition coefficient (Wildman–Crippen LogP) is 3.54. The standard InChI is InChI=1S/C20H23N5O3S2/c1-14-13-18(23-20(21-14)25-9-11-28-12-10-25)22-16-4-6-17(7-5-16)24-30(26,27)19-8-3-15(2)29-19/h3-8,13,24H,9-12H2,1-2H3,(H,21,22,23). The molecular formula is C20H23N5O3S2. The van der Waals surface area contributed by atoms with Crippen LogP contribution in [0.4, 0.5) is 23.1 Å². The minimum atomic E-state index is -3.58. The van der Waals surface area contributed by atoms with Crippen LogP contribution in [0.15, 0.2) is 46.7 Å². The van der Waals surface area contributed by atoms with Crippen LogP contribution < -0.4 is 14.9 Å². The van der Waals surface area contributed by atoms with Crippen molar-refractivity contribution in [1.29, 1.82) is 0 Å². The number of anilines is 4. The van der Waals surface area contributed by atoms with Crippen LogP contribution in [-0.2, 0) is 14.8 Å². The topological polar surface area (TPSA) is 96.5 Å². The molecule has 3 heterocycles. The van der Waals surface area contributed by atoms with Crippen LogP contribution in [0.3, 0.4) is 0 Å². The molecule has 0 aliphatic carbocycles. The first-order chi connectivity index (χ1) is 14.4. The average molecular weight is 446 g/mol. The molecule has 0 radical (unpaired) electrons. The first-order valence-corrected chi connectivity index (χ1v) is 11.8. The van der Waals surface area contributed by atoms with Crippen molar-refractivity contribution in [1.82, 2.24) is 9.97 Å². The van der Waals surface area contributed by atoms with E-state index in [4.69, 9.17) is 4.74 Å². The van der Waals surface area contributed by atoms with E-state index < -0.39 is 10.0 Å². The molecule has 4 rings (SSSR count). The van der Waals surface area contributed by atoms with Crippen molar-refractivity contribution in [3.8, 4) is 0 Å². The Labute approximate surface area is 180 Å². The smallest absolute Gasteiger partial charge is 0.271 e. The summed E-state index contributed by atoms with van der Waals surface area (Å²) in [5.74, 6) is 1.36. The third-order valence-corrected chi connectivity index (χ3v) is 7.40. The van der Waals surface area contributed by atoms with Gasteiger partial charge in [0.15, 0.2) is 0 Å². The third-order valence-electron chi connectivity index (χ3n) is 4.53. The average Bonchev–Trinajstić information content (AvgIpc) is 3.17. The van der Waals surface area contributed by atoms with Gasteiger partial charge in [0.25, 0.3) is 10.0 Å². The Bertz CT molecular complexity index is 1120. The Morgan fingerprint density at radius 2 is 1.70 bits per heavy atom. The Balaban J connectivity index is 1.46. The van der Waals surface area contributed by atoms with Crippen LogP contribution >= 0.6 is 11.3 Å². The number of aryl methyl sites for hydroxylation is 2. The summed E-state index contributed by atoms with van der Waals surface area (Å²) in [4.78, 5) is 12.2. The fraction of sp³-hybridized carbons (Fsp3) is 0.300. The van der Waals surface area contributed by atoms with Gasteiger partial charge in [-0.15, -0.1) is 11.3 Å². The molecule has 2 aromatic heterocycles. The number of hydrogen-bond acceptors (Lipinski definition) is 8. The Morgan fingerprint density at radius 1 is 1.00 bits per heavy atom. The Hall–Kier alpha value is -2.69. The summed E-state index contributed by atoms with van der Waals surface area (Å²) in [6.07, 6.45) is 0. The van der Waals surface area contributed by atoms with Crippen molar-refractivity contribution in [3.63, 3.8) is 0 Å². The van der Waals surface area contributed by atoms with E-state index in [0.29, 0.717) is 34.9 Å². The Kier molecular flexibility index (Phi) is 5.89. The molecule has 3 aromatic rings. The van der Waals surface area contributed by atoms with Crippen molar-refractivity contribution in [2.24, 2.45) is 0 Å². The number of sulfonamides is 1. The highest BCUT2D eigenvalue weighted by Gasteiger charge is 2.17. The summed E-state index contributed by atoms with van der Waals surface area (Å²) < 4.78 is 33.2. The maximum Gasteiger partial charge on any atom is 0.271 e. The third kappa shape index (κ3) is 4.89. The number of thiophene rings is 1. The van der Waals surface area contributed by atoms with Gasteiger partial charge in [0.1, 0.15) is 10.0 Å². The zero-order valence-electron chi connectivity index (χ0n) is 16.8. The fourth-order valence-corrected chi connectivity index (χ4v) is 5.40. The van der Waals surface area contributed by atoms with E-state index >= 15 is 0 Å². The van der Waals surface area contributed by atoms with Crippen LogP contribution in [-0.4, -0.2) is 44.7 Å². The molecule has 0 saturated carbocycles. The molecule has 0 atom stereocenters. The molecule has 1 aromatic carbocycles. The van der Waals surface area contributed by atoms with E-state index in [1.165, 1.54) is 11.3 Å². The summed E-state index contributed by atoms with van der Waals surface area (Å²) in [7, 11) is -3.58. The fourth-order valence-electron chi connectivity index (χ4n) is 3.05. The number of hydrogen-bond donors (Lipinski definition) is 2. The highest BCUT2D eigenvalue weighted by molar-refractivity contribution is 7.94. The predicted molar refractivity (Wildman–Crippen MR) is 119 cm³/mol. The van der Waals surface area contributed by atoms with Crippen LogP contribution in [0, 0.1) is 13.8 Å². The van der Waals surface area contributed by atoms with Gasteiger partial charge in [-0.3, -0.25) is 4.72 Å². The number of nitrogens with zero attached hydrogens (tertiary/aromatic N) is 3. The Morgan fingerprint density at radius 3 is 2.37 bits per heavy atom. The molecule has 30 heavy (non-hydrogen) atoms. The number of morpholine rings is 1. The highest BCUT2D eigenvalue weighted by Crippen LogP contribution is 2.25. The van der Waals surface area contributed by atoms with Crippen LogP contribution in [0.5, 0.6) is 0 Å². The molecule has 158 valence electrons. The van der Waals surface area contributed by atoms with Crippen LogP contribution in [0.1, 0.15) is 10.6 Å². The van der Waals surface area contributed by atoms with Gasteiger partial charge in [-0.05, 0) is 50.2 Å². The molecule has 1 aliphatic heterocycles. The van der Waals surface area contributed by atoms with E-state index in [0.717, 1.165) is 29.3 Å². The summed E-state index contributed by atoms with van der Waals surface area (Å²) >= 11 is 1.24. The van der Waals surface area contributed by atoms with E-state index in [-0.39, 0.29) is 0 Å². The SMILES string of the molecule is Cc1cc(Nc2ccc(NS(=O)(=O)c3ccc(C)s3)cc2)nc(N2CCOCC2)n1. The van der Waals surface area contributed by atoms with Gasteiger partial charge in [0, 0.05) is 41.1 Å². The zero-order valence-corrected chi connectivity index (χ0v) is 18.4. The second kappa shape index (κ2) is 8.58. The lowest BCUT2D eigenvalue weighted by Gasteiger charge is -2.27. The lowest BCUT2D eigenvalue weighted by Crippen LogP contribution is -2.37. The quantitative estimate of drug-likeness (QED) is 0.599. The molecule has 0 spiro atoms. The van der Waals surface area contributed by atoms with Gasteiger partial charge in [-0.2, -0.15) is 4.98 Å². The second-order valence-corrected chi connectivity index (χ2v) is 10.2. The molecule has 2 N–H and O–H groups in total. The van der Waals surface area contributed by atoms with Gasteiger partial charge in [0.05, 0.1) is 13.2 Å². The number of rotatable bonds is 6. The molecule has 8 nitrogen and oxygen atoms in total. The summed E-state index contributed by atoms with van der Waals surface area (Å²) in [5, 5.41) is 3.27. The second-order valence-electron chi connectivity index (χ2n) is 6.97. The van der Waals surface area contributed by atoms with E-state index in [1.807, 2.05) is 32.0 Å². The van der Waals surface area contributed by atoms with E-state index in [1.54, 1.807) is 24.3 Å². The van der Waals surface area contributed by atoms with E-state index in [9.17, 15) is 8.42 Å². The maximum atomic E-state index is 12.5. The maximum absolute atomic E-state index is 12.5. The zero-order chi connectivity index (χ0) is 21.1. The molecular weight excluding hydrogens is 422 g/mol. The number of ether oxygens (including phenoxy) is 1. The van der Waals surface area contributed by atoms with Crippen molar-refractivity contribution in [2.75, 3.05) is 41.2 Å². The van der Waals surface area contributed by atoms with Crippen molar-refractivity contribution >= 4 is 44.5 Å². The molecule has 0 unspecified atom stereocenters. The van der Waals surface area contributed by atoms with Gasteiger partial charge >= 0.3 is 0 Å². The van der Waals surface area contributed by atoms with Crippen molar-refractivity contribution < 1.29 is 13.2 Å². The van der Waals surface area contributed by atoms with Crippen molar-refractivity contribution in [3.05, 3.63) is 53.0 Å². The van der Waals surface area contributed by atoms with Gasteiger partial charge < -0.3 is 15.0 Å². The van der Waals surface area contributed by atoms with Gasteiger partial charge in [-0.1, -0.05) is 0 Å². The molecule has 10 heteroatoms. The molecule has 1 aliphatic rings. The minimum Gasteiger partial charge on any atom is -0.378 e. The van der Waals surface area contributed by atoms with Crippen LogP contribution in [0.2, 0.25) is 0 Å². The number of nitrogens with one attached hydrogen (secondary N) is 2. The molecule has 0 amide bonds. The highest BCUT2D eigenvalue weighted by atomic mass is 32.2. The van der Waals surface area contributed by atoms with E-state index in [2.05, 4.69) is 24.9 Å². The monoisotopic (exact) mass is 445 g/mol. The molecule has 1 fully saturated rings. The lowest BCUT2D eigenvalue weighted by atomic mass is 10.3.